The average molecular weight is 797 g/mol. The van der Waals surface area contributed by atoms with Crippen molar-refractivity contribution in [1.29, 1.82) is 0 Å². The van der Waals surface area contributed by atoms with E-state index in [1.165, 1.54) is 38.0 Å². The number of hydrogen-bond donors (Lipinski definition) is 0. The van der Waals surface area contributed by atoms with Gasteiger partial charge >= 0.3 is 0 Å². The van der Waals surface area contributed by atoms with Gasteiger partial charge in [-0.15, -0.1) is 0 Å². The van der Waals surface area contributed by atoms with Crippen LogP contribution in [0.1, 0.15) is 0 Å². The molecule has 0 fully saturated rings. The molecule has 0 saturated carbocycles. The topological polar surface area (TPSA) is 45.7 Å². The molecule has 0 aliphatic heterocycles. The monoisotopic (exact) mass is 796 g/mol. The van der Waals surface area contributed by atoms with Gasteiger partial charge in [-0.25, -0.2) is 4.98 Å². The highest BCUT2D eigenvalue weighted by atomic mass is 16.5. The average Bonchev–Trinajstić information content (AvgIpc) is 4.07. The number of ether oxygens (including phenoxy) is 1. The molecule has 0 radical (unpaired) electrons. The summed E-state index contributed by atoms with van der Waals surface area (Å²) in [5.74, 6) is 2.28. The van der Waals surface area contributed by atoms with Crippen LogP contribution in [0.15, 0.2) is 200 Å². The predicted molar refractivity (Wildman–Crippen MR) is 251 cm³/mol. The van der Waals surface area contributed by atoms with E-state index < -0.39 is 0 Å². The summed E-state index contributed by atoms with van der Waals surface area (Å²) in [4.78, 5) is 5.04. The first-order valence-electron chi connectivity index (χ1n) is 20.9. The molecule has 292 valence electrons. The minimum Gasteiger partial charge on any atom is -0.458 e. The summed E-state index contributed by atoms with van der Waals surface area (Å²) in [6.45, 7) is 0. The van der Waals surface area contributed by atoms with Gasteiger partial charge in [-0.05, 0) is 78.9 Å². The van der Waals surface area contributed by atoms with Gasteiger partial charge in [0, 0.05) is 62.8 Å². The second-order valence-corrected chi connectivity index (χ2v) is 15.8. The highest BCUT2D eigenvalue weighted by Crippen LogP contribution is 2.49. The molecule has 13 rings (SSSR count). The molecule has 7 nitrogen and oxygen atoms in total. The van der Waals surface area contributed by atoms with E-state index >= 15 is 0 Å². The molecule has 7 heteroatoms. The summed E-state index contributed by atoms with van der Waals surface area (Å²) >= 11 is 0. The lowest BCUT2D eigenvalue weighted by Crippen LogP contribution is -2.29. The Kier molecular flexibility index (Phi) is 7.39. The molecule has 0 N–H and O–H groups in total. The van der Waals surface area contributed by atoms with Crippen LogP contribution in [0.25, 0.3) is 99.3 Å². The fraction of sp³-hybridized carbons (Fsp3) is 0.0182. The summed E-state index contributed by atoms with van der Waals surface area (Å²) < 4.78 is 18.2. The molecule has 0 saturated heterocycles. The Bertz CT molecular complexity index is 3890. The maximum absolute atomic E-state index is 6.85. The van der Waals surface area contributed by atoms with Crippen LogP contribution in [0.3, 0.4) is 0 Å². The summed E-state index contributed by atoms with van der Waals surface area (Å²) in [5.41, 5.74) is 12.0. The molecule has 0 aliphatic carbocycles. The van der Waals surface area contributed by atoms with Crippen molar-refractivity contribution in [3.05, 3.63) is 207 Å². The van der Waals surface area contributed by atoms with Crippen LogP contribution in [0.4, 0.5) is 0 Å². The maximum atomic E-state index is 6.85. The largest absolute Gasteiger partial charge is 0.458 e. The lowest BCUT2D eigenvalue weighted by Gasteiger charge is -2.13. The Hall–Kier alpha value is -8.42. The van der Waals surface area contributed by atoms with Crippen LogP contribution in [0.2, 0.25) is 0 Å². The molecule has 5 heterocycles. The molecule has 0 spiro atoms. The van der Waals surface area contributed by atoms with E-state index in [-0.39, 0.29) is 0 Å². The molecule has 0 bridgehead atoms. The number of aromatic nitrogens is 6. The molecule has 8 aromatic carbocycles. The molecular weight excluding hydrogens is 761 g/mol. The zero-order valence-corrected chi connectivity index (χ0v) is 33.6. The van der Waals surface area contributed by atoms with Gasteiger partial charge < -0.3 is 13.9 Å². The molecule has 62 heavy (non-hydrogen) atoms. The fourth-order valence-electron chi connectivity index (χ4n) is 9.86. The van der Waals surface area contributed by atoms with E-state index in [1.807, 2.05) is 30.5 Å². The third-order valence-electron chi connectivity index (χ3n) is 12.4. The third-order valence-corrected chi connectivity index (χ3v) is 12.4. The van der Waals surface area contributed by atoms with Crippen molar-refractivity contribution >= 4 is 76.5 Å². The molecule has 0 atom stereocenters. The van der Waals surface area contributed by atoms with Crippen molar-refractivity contribution in [1.82, 2.24) is 23.3 Å². The second-order valence-electron chi connectivity index (χ2n) is 15.8. The molecule has 0 amide bonds. The van der Waals surface area contributed by atoms with Crippen LogP contribution in [-0.2, 0) is 7.05 Å². The van der Waals surface area contributed by atoms with Crippen molar-refractivity contribution < 1.29 is 9.30 Å². The Morgan fingerprint density at radius 2 is 1.10 bits per heavy atom. The quantitative estimate of drug-likeness (QED) is 0.124. The third kappa shape index (κ3) is 4.93. The number of aryl methyl sites for hydroxylation is 1. The smallest absolute Gasteiger partial charge is 0.269 e. The second kappa shape index (κ2) is 13.3. The SMILES string of the molecule is Cn1c2ccccc2c2c3c4ccccc4n(-c4ccccc4)c3c3c(c4ccc(Oc5cccc(-[n+]6[c-]n(-c7ccccc7)c7ccccc76)c5)cc4n3-c3ccccn3)c21. The number of benzene rings is 8. The van der Waals surface area contributed by atoms with Crippen LogP contribution in [-0.4, -0.2) is 23.3 Å². The molecule has 5 aromatic heterocycles. The van der Waals surface area contributed by atoms with Crippen molar-refractivity contribution in [3.63, 3.8) is 0 Å². The van der Waals surface area contributed by atoms with E-state index in [9.17, 15) is 0 Å². The van der Waals surface area contributed by atoms with Gasteiger partial charge in [-0.1, -0.05) is 109 Å². The number of para-hydroxylation sites is 6. The number of nitrogens with zero attached hydrogens (tertiary/aromatic N) is 6. The Morgan fingerprint density at radius 3 is 1.89 bits per heavy atom. The molecule has 0 unspecified atom stereocenters. The lowest BCUT2D eigenvalue weighted by atomic mass is 10.0. The number of pyridine rings is 1. The van der Waals surface area contributed by atoms with Gasteiger partial charge in [0.15, 0.2) is 0 Å². The zero-order valence-electron chi connectivity index (χ0n) is 33.6. The first kappa shape index (κ1) is 34.4. The number of rotatable bonds is 6. The van der Waals surface area contributed by atoms with Gasteiger partial charge in [-0.2, -0.15) is 0 Å². The Balaban J connectivity index is 1.09. The molecular formula is C55H36N6O. The zero-order chi connectivity index (χ0) is 40.9. The van der Waals surface area contributed by atoms with Gasteiger partial charge in [0.1, 0.15) is 17.3 Å². The standard InChI is InChI=1S/C55H36N6O/c1-57-44-25-10-8-23-41(44)50-51-42-24-9-11-26-45(42)60(37-19-6-3-7-20-37)54(51)55-52(53(50)57)43-31-30-40(34-48(43)61(55)49-29-14-15-32-56-49)62-39-22-16-21-38(33-39)59-35-58(36-17-4-2-5-18-36)46-27-12-13-28-47(46)59/h2-34H,1H3. The number of imidazole rings is 1. The van der Waals surface area contributed by atoms with Gasteiger partial charge in [0.05, 0.1) is 50.0 Å². The number of fused-ring (bicyclic) bond motifs is 13. The fourth-order valence-corrected chi connectivity index (χ4v) is 9.86. The first-order valence-corrected chi connectivity index (χ1v) is 20.9. The van der Waals surface area contributed by atoms with E-state index in [2.05, 4.69) is 206 Å². The number of hydrogen-bond acceptors (Lipinski definition) is 2. The van der Waals surface area contributed by atoms with E-state index in [4.69, 9.17) is 9.72 Å². The highest BCUT2D eigenvalue weighted by molar-refractivity contribution is 6.40. The van der Waals surface area contributed by atoms with Gasteiger partial charge in [0.25, 0.3) is 6.33 Å². The van der Waals surface area contributed by atoms with Crippen molar-refractivity contribution in [2.24, 2.45) is 7.05 Å². The van der Waals surface area contributed by atoms with Crippen molar-refractivity contribution in [2.45, 2.75) is 0 Å². The summed E-state index contributed by atoms with van der Waals surface area (Å²) in [6, 6.07) is 67.9. The predicted octanol–water partition coefficient (Wildman–Crippen LogP) is 12.7. The van der Waals surface area contributed by atoms with Crippen LogP contribution in [0.5, 0.6) is 11.5 Å². The summed E-state index contributed by atoms with van der Waals surface area (Å²) in [5, 5.41) is 7.19. The van der Waals surface area contributed by atoms with E-state index in [1.54, 1.807) is 0 Å². The van der Waals surface area contributed by atoms with Crippen molar-refractivity contribution in [2.75, 3.05) is 0 Å². The van der Waals surface area contributed by atoms with E-state index in [0.717, 1.165) is 72.9 Å². The molecule has 0 aliphatic rings. The maximum Gasteiger partial charge on any atom is 0.269 e. The Labute approximate surface area is 355 Å². The highest BCUT2D eigenvalue weighted by Gasteiger charge is 2.28. The van der Waals surface area contributed by atoms with Crippen LogP contribution in [0, 0.1) is 6.33 Å². The van der Waals surface area contributed by atoms with Gasteiger partial charge in [0.2, 0.25) is 0 Å². The minimum atomic E-state index is 0.724. The molecule has 13 aromatic rings. The normalized spacial score (nSPS) is 12.0. The summed E-state index contributed by atoms with van der Waals surface area (Å²) in [7, 11) is 2.20. The first-order chi connectivity index (χ1) is 30.7. The minimum absolute atomic E-state index is 0.724. The van der Waals surface area contributed by atoms with Crippen LogP contribution >= 0.6 is 0 Å². The van der Waals surface area contributed by atoms with Crippen LogP contribution < -0.4 is 9.30 Å². The van der Waals surface area contributed by atoms with Crippen molar-refractivity contribution in [3.8, 4) is 34.4 Å². The van der Waals surface area contributed by atoms with Gasteiger partial charge in [-0.3, -0.25) is 13.7 Å². The Morgan fingerprint density at radius 1 is 0.468 bits per heavy atom. The lowest BCUT2D eigenvalue weighted by molar-refractivity contribution is -0.572. The summed E-state index contributed by atoms with van der Waals surface area (Å²) in [6.07, 6.45) is 5.49. The van der Waals surface area contributed by atoms with E-state index in [0.29, 0.717) is 0 Å².